The summed E-state index contributed by atoms with van der Waals surface area (Å²) in [4.78, 5) is 27.2. The van der Waals surface area contributed by atoms with Crippen molar-refractivity contribution in [2.24, 2.45) is 7.05 Å². The Morgan fingerprint density at radius 1 is 1.35 bits per heavy atom. The van der Waals surface area contributed by atoms with Crippen LogP contribution in [0.2, 0.25) is 0 Å². The van der Waals surface area contributed by atoms with Crippen molar-refractivity contribution in [3.05, 3.63) is 36.2 Å². The molecule has 1 amide bonds. The van der Waals surface area contributed by atoms with Gasteiger partial charge in [0.2, 0.25) is 5.91 Å². The number of imidazole rings is 1. The number of carbonyl (C=O) groups excluding carboxylic acids is 1. The van der Waals surface area contributed by atoms with Crippen LogP contribution in [-0.2, 0) is 24.8 Å². The summed E-state index contributed by atoms with van der Waals surface area (Å²) in [7, 11) is 1.96. The number of hydrogen-bond acceptors (Lipinski definition) is 6. The molecule has 8 heteroatoms. The highest BCUT2D eigenvalue weighted by molar-refractivity contribution is 5.78. The van der Waals surface area contributed by atoms with Gasteiger partial charge in [0, 0.05) is 31.6 Å². The van der Waals surface area contributed by atoms with Gasteiger partial charge in [-0.3, -0.25) is 4.79 Å². The molecule has 1 aliphatic heterocycles. The number of ether oxygens (including phenoxy) is 1. The summed E-state index contributed by atoms with van der Waals surface area (Å²) >= 11 is 0. The third-order valence-electron chi connectivity index (χ3n) is 5.37. The maximum atomic E-state index is 12.9. The molecule has 138 valence electrons. The number of rotatable bonds is 5. The molecular weight excluding hydrogens is 334 g/mol. The van der Waals surface area contributed by atoms with Gasteiger partial charge in [0.25, 0.3) is 0 Å². The van der Waals surface area contributed by atoms with Crippen LogP contribution in [0.3, 0.4) is 0 Å². The largest absolute Gasteiger partial charge is 0.461 e. The summed E-state index contributed by atoms with van der Waals surface area (Å²) in [6, 6.07) is 1.89. The van der Waals surface area contributed by atoms with Gasteiger partial charge in [0.15, 0.2) is 0 Å². The van der Waals surface area contributed by atoms with Crippen LogP contribution in [0.1, 0.15) is 37.1 Å². The van der Waals surface area contributed by atoms with Crippen LogP contribution in [0.25, 0.3) is 0 Å². The maximum Gasteiger partial charge on any atom is 0.316 e. The van der Waals surface area contributed by atoms with Crippen molar-refractivity contribution in [2.75, 3.05) is 6.61 Å². The number of aromatic nitrogens is 4. The minimum absolute atomic E-state index is 0.0499. The number of aliphatic hydroxyl groups is 1. The van der Waals surface area contributed by atoms with E-state index in [-0.39, 0.29) is 18.4 Å². The molecule has 1 fully saturated rings. The van der Waals surface area contributed by atoms with Crippen LogP contribution in [0, 0.1) is 0 Å². The van der Waals surface area contributed by atoms with Crippen LogP contribution in [0.4, 0.5) is 0 Å². The summed E-state index contributed by atoms with van der Waals surface area (Å²) < 4.78 is 7.71. The first kappa shape index (κ1) is 17.0. The molecule has 1 aliphatic carbocycles. The van der Waals surface area contributed by atoms with Crippen molar-refractivity contribution < 1.29 is 14.6 Å². The number of amides is 1. The van der Waals surface area contributed by atoms with Crippen LogP contribution >= 0.6 is 0 Å². The molecule has 1 saturated carbocycles. The first-order chi connectivity index (χ1) is 12.5. The second-order valence-corrected chi connectivity index (χ2v) is 7.23. The molecule has 0 bridgehead atoms. The average Bonchev–Trinajstić information content (AvgIpc) is 2.99. The zero-order chi connectivity index (χ0) is 18.1. The van der Waals surface area contributed by atoms with Gasteiger partial charge in [-0.15, -0.1) is 0 Å². The van der Waals surface area contributed by atoms with Crippen molar-refractivity contribution in [2.45, 2.75) is 50.3 Å². The lowest BCUT2D eigenvalue weighted by Gasteiger charge is -2.40. The first-order valence-electron chi connectivity index (χ1n) is 8.95. The lowest BCUT2D eigenvalue weighted by atomic mass is 9.77. The van der Waals surface area contributed by atoms with Gasteiger partial charge in [-0.2, -0.15) is 0 Å². The smallest absolute Gasteiger partial charge is 0.316 e. The van der Waals surface area contributed by atoms with Gasteiger partial charge in [-0.05, 0) is 25.3 Å². The molecule has 0 saturated heterocycles. The molecule has 0 radical (unpaired) electrons. The van der Waals surface area contributed by atoms with E-state index in [1.807, 2.05) is 11.6 Å². The molecule has 2 aromatic rings. The highest BCUT2D eigenvalue weighted by atomic mass is 16.5. The number of nitrogens with zero attached hydrogens (tertiary/aromatic N) is 5. The van der Waals surface area contributed by atoms with E-state index in [4.69, 9.17) is 4.74 Å². The second kappa shape index (κ2) is 6.68. The third-order valence-corrected chi connectivity index (χ3v) is 5.37. The van der Waals surface area contributed by atoms with E-state index in [0.717, 1.165) is 17.8 Å². The van der Waals surface area contributed by atoms with E-state index in [9.17, 15) is 9.90 Å². The number of aryl methyl sites for hydroxylation is 1. The zero-order valence-corrected chi connectivity index (χ0v) is 14.8. The lowest BCUT2D eigenvalue weighted by Crippen LogP contribution is -2.51. The lowest BCUT2D eigenvalue weighted by molar-refractivity contribution is -0.144. The Labute approximate surface area is 151 Å². The normalized spacial score (nSPS) is 21.0. The van der Waals surface area contributed by atoms with Crippen LogP contribution in [-0.4, -0.2) is 53.7 Å². The minimum atomic E-state index is -0.838. The predicted molar refractivity (Wildman–Crippen MR) is 92.2 cm³/mol. The quantitative estimate of drug-likeness (QED) is 0.853. The molecule has 2 aliphatic rings. The van der Waals surface area contributed by atoms with Crippen molar-refractivity contribution >= 4 is 5.91 Å². The summed E-state index contributed by atoms with van der Waals surface area (Å²) in [5, 5.41) is 10.4. The van der Waals surface area contributed by atoms with Gasteiger partial charge in [0.05, 0.1) is 36.6 Å². The van der Waals surface area contributed by atoms with Crippen molar-refractivity contribution in [1.82, 2.24) is 24.4 Å². The highest BCUT2D eigenvalue weighted by Gasteiger charge is 2.40. The molecule has 1 N–H and O–H groups in total. The van der Waals surface area contributed by atoms with Crippen LogP contribution in [0.15, 0.2) is 24.8 Å². The molecule has 0 unspecified atom stereocenters. The fourth-order valence-electron chi connectivity index (χ4n) is 3.64. The topological polar surface area (TPSA) is 93.4 Å². The number of fused-ring (bicyclic) bond motifs is 1. The van der Waals surface area contributed by atoms with E-state index in [2.05, 4.69) is 15.0 Å². The molecular formula is C18H23N5O3. The first-order valence-corrected chi connectivity index (χ1v) is 8.95. The Kier molecular flexibility index (Phi) is 4.36. The zero-order valence-electron chi connectivity index (χ0n) is 14.8. The molecule has 0 aromatic carbocycles. The maximum absolute atomic E-state index is 12.9. The standard InChI is InChI=1S/C18H23N5O3/c1-22-12-21-14-10-23(16(24)9-18(25)4-2-5-18)13(8-15(14)22)11-26-17-19-6-3-7-20-17/h3,6-7,12-13,25H,2,4-5,8-11H2,1H3/t13-/m0/s1. The fourth-order valence-corrected chi connectivity index (χ4v) is 3.64. The van der Waals surface area contributed by atoms with Gasteiger partial charge in [0.1, 0.15) is 6.61 Å². The van der Waals surface area contributed by atoms with Crippen molar-refractivity contribution in [3.63, 3.8) is 0 Å². The van der Waals surface area contributed by atoms with E-state index in [1.165, 1.54) is 0 Å². The van der Waals surface area contributed by atoms with E-state index in [0.29, 0.717) is 38.4 Å². The molecule has 0 spiro atoms. The summed E-state index contributed by atoms with van der Waals surface area (Å²) in [5.74, 6) is -0.0499. The van der Waals surface area contributed by atoms with Crippen LogP contribution < -0.4 is 4.74 Å². The van der Waals surface area contributed by atoms with Crippen LogP contribution in [0.5, 0.6) is 6.01 Å². The molecule has 3 heterocycles. The highest BCUT2D eigenvalue weighted by Crippen LogP contribution is 2.36. The van der Waals surface area contributed by atoms with Crippen molar-refractivity contribution in [3.8, 4) is 6.01 Å². The fraction of sp³-hybridized carbons (Fsp3) is 0.556. The van der Waals surface area contributed by atoms with Crippen molar-refractivity contribution in [1.29, 1.82) is 0 Å². The van der Waals surface area contributed by atoms with E-state index in [1.54, 1.807) is 29.7 Å². The van der Waals surface area contributed by atoms with E-state index >= 15 is 0 Å². The molecule has 1 atom stereocenters. The summed E-state index contributed by atoms with van der Waals surface area (Å²) in [5.41, 5.74) is 1.18. The summed E-state index contributed by atoms with van der Waals surface area (Å²) in [6.45, 7) is 0.744. The monoisotopic (exact) mass is 357 g/mol. The number of carbonyl (C=O) groups is 1. The minimum Gasteiger partial charge on any atom is -0.461 e. The SMILES string of the molecule is Cn1cnc2c1C[C@@H](COc1ncccn1)N(C(=O)CC1(O)CCC1)C2. The summed E-state index contributed by atoms with van der Waals surface area (Å²) in [6.07, 6.45) is 8.20. The van der Waals surface area contributed by atoms with Gasteiger partial charge in [-0.1, -0.05) is 0 Å². The molecule has 26 heavy (non-hydrogen) atoms. The Bertz CT molecular complexity index is 787. The second-order valence-electron chi connectivity index (χ2n) is 7.23. The van der Waals surface area contributed by atoms with Gasteiger partial charge >= 0.3 is 6.01 Å². The Balaban J connectivity index is 1.51. The Hall–Kier alpha value is -2.48. The Morgan fingerprint density at radius 2 is 2.12 bits per heavy atom. The predicted octanol–water partition coefficient (Wildman–Crippen LogP) is 0.847. The molecule has 4 rings (SSSR count). The molecule has 8 nitrogen and oxygen atoms in total. The average molecular weight is 357 g/mol. The third kappa shape index (κ3) is 3.29. The Morgan fingerprint density at radius 3 is 2.81 bits per heavy atom. The molecule has 2 aromatic heterocycles. The van der Waals surface area contributed by atoms with E-state index < -0.39 is 5.60 Å². The number of hydrogen-bond donors (Lipinski definition) is 1. The van der Waals surface area contributed by atoms with Gasteiger partial charge in [-0.25, -0.2) is 15.0 Å². The van der Waals surface area contributed by atoms with Gasteiger partial charge < -0.3 is 19.3 Å².